The largest absolute Gasteiger partial charge is 0.411 e. The van der Waals surface area contributed by atoms with Crippen LogP contribution in [0.3, 0.4) is 0 Å². The van der Waals surface area contributed by atoms with Crippen LogP contribution in [0.1, 0.15) is 12.5 Å². The molecule has 0 fully saturated rings. The summed E-state index contributed by atoms with van der Waals surface area (Å²) in [7, 11) is -3.15. The molecule has 14 heavy (non-hydrogen) atoms. The molecular formula is C9H11NO3S. The highest BCUT2D eigenvalue weighted by molar-refractivity contribution is 7.90. The zero-order valence-corrected chi connectivity index (χ0v) is 8.75. The fraction of sp³-hybridized carbons (Fsp3) is 0.222. The lowest BCUT2D eigenvalue weighted by atomic mass is 10.1. The fourth-order valence-electron chi connectivity index (χ4n) is 1.00. The van der Waals surface area contributed by atoms with Crippen LogP contribution in [0.4, 0.5) is 0 Å². The summed E-state index contributed by atoms with van der Waals surface area (Å²) in [4.78, 5) is 0.256. The van der Waals surface area contributed by atoms with Gasteiger partial charge < -0.3 is 5.21 Å². The summed E-state index contributed by atoms with van der Waals surface area (Å²) < 4.78 is 22.2. The summed E-state index contributed by atoms with van der Waals surface area (Å²) in [6.07, 6.45) is 1.15. The molecule has 0 radical (unpaired) electrons. The van der Waals surface area contributed by atoms with E-state index in [1.165, 1.54) is 12.1 Å². The molecule has 0 unspecified atom stereocenters. The zero-order valence-electron chi connectivity index (χ0n) is 7.93. The lowest BCUT2D eigenvalue weighted by Gasteiger charge is -2.00. The second-order valence-corrected chi connectivity index (χ2v) is 5.00. The van der Waals surface area contributed by atoms with Crippen LogP contribution < -0.4 is 0 Å². The minimum atomic E-state index is -3.15. The van der Waals surface area contributed by atoms with Crippen molar-refractivity contribution in [1.82, 2.24) is 0 Å². The van der Waals surface area contributed by atoms with Crippen LogP contribution in [0.25, 0.3) is 0 Å². The van der Waals surface area contributed by atoms with E-state index in [4.69, 9.17) is 5.21 Å². The van der Waals surface area contributed by atoms with Crippen molar-refractivity contribution in [1.29, 1.82) is 0 Å². The molecule has 0 saturated carbocycles. The average molecular weight is 213 g/mol. The highest BCUT2D eigenvalue weighted by Gasteiger charge is 2.06. The lowest BCUT2D eigenvalue weighted by Crippen LogP contribution is -1.99. The third-order valence-corrected chi connectivity index (χ3v) is 2.98. The molecule has 5 heteroatoms. The summed E-state index contributed by atoms with van der Waals surface area (Å²) in [6.45, 7) is 1.63. The highest BCUT2D eigenvalue weighted by atomic mass is 32.2. The van der Waals surface area contributed by atoms with Gasteiger partial charge in [-0.05, 0) is 24.6 Å². The molecule has 1 N–H and O–H groups in total. The van der Waals surface area contributed by atoms with E-state index in [2.05, 4.69) is 5.16 Å². The van der Waals surface area contributed by atoms with Crippen LogP contribution in [0.5, 0.6) is 0 Å². The predicted molar refractivity (Wildman–Crippen MR) is 53.5 cm³/mol. The van der Waals surface area contributed by atoms with Gasteiger partial charge in [0.25, 0.3) is 0 Å². The average Bonchev–Trinajstić information content (AvgIpc) is 2.15. The Labute approximate surface area is 82.8 Å². The minimum absolute atomic E-state index is 0.256. The van der Waals surface area contributed by atoms with Gasteiger partial charge in [-0.15, -0.1) is 0 Å². The Morgan fingerprint density at radius 2 is 1.79 bits per heavy atom. The van der Waals surface area contributed by atoms with Gasteiger partial charge in [0, 0.05) is 6.26 Å². The smallest absolute Gasteiger partial charge is 0.175 e. The van der Waals surface area contributed by atoms with Crippen molar-refractivity contribution in [3.05, 3.63) is 29.8 Å². The van der Waals surface area contributed by atoms with Gasteiger partial charge in [-0.25, -0.2) is 8.42 Å². The summed E-state index contributed by atoms with van der Waals surface area (Å²) in [5.74, 6) is 0. The van der Waals surface area contributed by atoms with Crippen molar-refractivity contribution in [2.75, 3.05) is 6.26 Å². The Hall–Kier alpha value is -1.36. The zero-order chi connectivity index (χ0) is 10.8. The Morgan fingerprint density at radius 1 is 1.29 bits per heavy atom. The van der Waals surface area contributed by atoms with E-state index >= 15 is 0 Å². The van der Waals surface area contributed by atoms with Crippen LogP contribution >= 0.6 is 0 Å². The van der Waals surface area contributed by atoms with Crippen LogP contribution in [-0.2, 0) is 9.84 Å². The number of nitrogens with zero attached hydrogens (tertiary/aromatic N) is 1. The maximum atomic E-state index is 11.1. The molecule has 0 aliphatic rings. The Kier molecular flexibility index (Phi) is 2.90. The maximum absolute atomic E-state index is 11.1. The van der Waals surface area contributed by atoms with Crippen LogP contribution in [0.2, 0.25) is 0 Å². The molecule has 0 amide bonds. The predicted octanol–water partition coefficient (Wildman–Crippen LogP) is 1.29. The topological polar surface area (TPSA) is 66.7 Å². The summed E-state index contributed by atoms with van der Waals surface area (Å²) >= 11 is 0. The Balaban J connectivity index is 3.14. The summed E-state index contributed by atoms with van der Waals surface area (Å²) in [6, 6.07) is 6.18. The molecule has 1 rings (SSSR count). The Bertz CT molecular complexity index is 445. The van der Waals surface area contributed by atoms with E-state index in [0.29, 0.717) is 11.3 Å². The molecule has 0 spiro atoms. The molecule has 1 aromatic carbocycles. The van der Waals surface area contributed by atoms with Gasteiger partial charge in [0.15, 0.2) is 9.84 Å². The van der Waals surface area contributed by atoms with Crippen molar-refractivity contribution in [2.24, 2.45) is 5.16 Å². The van der Waals surface area contributed by atoms with Crippen LogP contribution in [0, 0.1) is 0 Å². The van der Waals surface area contributed by atoms with E-state index in [0.717, 1.165) is 6.26 Å². The van der Waals surface area contributed by atoms with Gasteiger partial charge in [-0.2, -0.15) is 0 Å². The third kappa shape index (κ3) is 2.32. The van der Waals surface area contributed by atoms with Crippen LogP contribution in [-0.4, -0.2) is 25.6 Å². The number of sulfone groups is 1. The monoisotopic (exact) mass is 213 g/mol. The number of benzene rings is 1. The van der Waals surface area contributed by atoms with Gasteiger partial charge in [0.2, 0.25) is 0 Å². The van der Waals surface area contributed by atoms with E-state index in [1.807, 2.05) is 0 Å². The number of oxime groups is 1. The molecule has 0 aliphatic heterocycles. The van der Waals surface area contributed by atoms with Gasteiger partial charge in [0.1, 0.15) is 0 Å². The number of rotatable bonds is 2. The van der Waals surface area contributed by atoms with Crippen molar-refractivity contribution < 1.29 is 13.6 Å². The molecule has 76 valence electrons. The van der Waals surface area contributed by atoms with E-state index in [9.17, 15) is 8.42 Å². The van der Waals surface area contributed by atoms with Crippen molar-refractivity contribution in [2.45, 2.75) is 11.8 Å². The summed E-state index contributed by atoms with van der Waals surface area (Å²) in [5.41, 5.74) is 1.14. The molecule has 0 aromatic heterocycles. The quantitative estimate of drug-likeness (QED) is 0.457. The molecule has 0 saturated heterocycles. The molecule has 0 aliphatic carbocycles. The Morgan fingerprint density at radius 3 is 2.14 bits per heavy atom. The standard InChI is InChI=1S/C9H11NO3S/c1-7(10-11)8-3-5-9(6-4-8)14(2,12)13/h3-6,11H,1-2H3. The third-order valence-electron chi connectivity index (χ3n) is 1.85. The van der Waals surface area contributed by atoms with Gasteiger partial charge >= 0.3 is 0 Å². The summed E-state index contributed by atoms with van der Waals surface area (Å²) in [5, 5.41) is 11.5. The second kappa shape index (κ2) is 3.79. The van der Waals surface area contributed by atoms with Crippen LogP contribution in [0.15, 0.2) is 34.3 Å². The molecule has 0 heterocycles. The maximum Gasteiger partial charge on any atom is 0.175 e. The first-order chi connectivity index (χ1) is 6.45. The normalized spacial score (nSPS) is 12.9. The highest BCUT2D eigenvalue weighted by Crippen LogP contribution is 2.10. The molecule has 4 nitrogen and oxygen atoms in total. The van der Waals surface area contributed by atoms with E-state index in [1.54, 1.807) is 19.1 Å². The number of hydrogen-bond acceptors (Lipinski definition) is 4. The first kappa shape index (κ1) is 10.7. The lowest BCUT2D eigenvalue weighted by molar-refractivity contribution is 0.319. The molecule has 1 aromatic rings. The molecule has 0 atom stereocenters. The first-order valence-corrected chi connectivity index (χ1v) is 5.83. The molecular weight excluding hydrogens is 202 g/mol. The number of hydrogen-bond donors (Lipinski definition) is 1. The van der Waals surface area contributed by atoms with Crippen molar-refractivity contribution in [3.8, 4) is 0 Å². The van der Waals surface area contributed by atoms with Gasteiger partial charge in [-0.1, -0.05) is 17.3 Å². The fourth-order valence-corrected chi connectivity index (χ4v) is 1.63. The minimum Gasteiger partial charge on any atom is -0.411 e. The van der Waals surface area contributed by atoms with Gasteiger partial charge in [0.05, 0.1) is 10.6 Å². The SMILES string of the molecule is CC(=NO)c1ccc(S(C)(=O)=O)cc1. The van der Waals surface area contributed by atoms with Crippen molar-refractivity contribution >= 4 is 15.5 Å². The second-order valence-electron chi connectivity index (χ2n) is 2.98. The van der Waals surface area contributed by atoms with E-state index < -0.39 is 9.84 Å². The van der Waals surface area contributed by atoms with Gasteiger partial charge in [-0.3, -0.25) is 0 Å². The van der Waals surface area contributed by atoms with E-state index in [-0.39, 0.29) is 4.90 Å². The molecule has 0 bridgehead atoms. The van der Waals surface area contributed by atoms with Crippen molar-refractivity contribution in [3.63, 3.8) is 0 Å². The first-order valence-electron chi connectivity index (χ1n) is 3.94.